The molecule has 3 heteroatoms. The molecule has 1 aliphatic heterocycles. The number of benzene rings is 2. The van der Waals surface area contributed by atoms with Crippen LogP contribution in [-0.4, -0.2) is 26.2 Å². The van der Waals surface area contributed by atoms with E-state index < -0.39 is 0 Å². The molecular weight excluding hydrogens is 286 g/mol. The van der Waals surface area contributed by atoms with E-state index in [1.165, 1.54) is 36.3 Å². The van der Waals surface area contributed by atoms with Crippen LogP contribution in [0.2, 0.25) is 0 Å². The zero-order valence-corrected chi connectivity index (χ0v) is 13.8. The van der Waals surface area contributed by atoms with Crippen LogP contribution >= 0.6 is 0 Å². The fourth-order valence-corrected chi connectivity index (χ4v) is 3.60. The Kier molecular flexibility index (Phi) is 5.29. The van der Waals surface area contributed by atoms with Gasteiger partial charge in [0.1, 0.15) is 0 Å². The molecule has 2 aromatic rings. The van der Waals surface area contributed by atoms with Gasteiger partial charge in [0, 0.05) is 0 Å². The SMILES string of the molecule is COC(=O)CC(CC1CCNCC1)c1ccc2ccccc2c1. The Balaban J connectivity index is 1.83. The van der Waals surface area contributed by atoms with Crippen LogP contribution in [-0.2, 0) is 9.53 Å². The van der Waals surface area contributed by atoms with Crippen molar-refractivity contribution in [1.29, 1.82) is 0 Å². The van der Waals surface area contributed by atoms with Crippen molar-refractivity contribution in [2.45, 2.75) is 31.6 Å². The number of ether oxygens (including phenoxy) is 1. The molecule has 2 aromatic carbocycles. The molecule has 1 aliphatic rings. The molecule has 1 heterocycles. The number of esters is 1. The van der Waals surface area contributed by atoms with Crippen LogP contribution in [0.1, 0.15) is 37.2 Å². The van der Waals surface area contributed by atoms with Crippen LogP contribution < -0.4 is 5.32 Å². The van der Waals surface area contributed by atoms with Gasteiger partial charge in [0.05, 0.1) is 13.5 Å². The highest BCUT2D eigenvalue weighted by Crippen LogP contribution is 2.32. The Morgan fingerprint density at radius 2 is 1.91 bits per heavy atom. The first-order valence-corrected chi connectivity index (χ1v) is 8.52. The molecule has 0 amide bonds. The Hall–Kier alpha value is -1.87. The molecule has 1 unspecified atom stereocenters. The number of rotatable bonds is 5. The van der Waals surface area contributed by atoms with E-state index in [1.54, 1.807) is 0 Å². The second kappa shape index (κ2) is 7.60. The van der Waals surface area contributed by atoms with E-state index in [0.717, 1.165) is 19.5 Å². The maximum absolute atomic E-state index is 11.9. The number of methoxy groups -OCH3 is 1. The molecule has 23 heavy (non-hydrogen) atoms. The summed E-state index contributed by atoms with van der Waals surface area (Å²) in [6.45, 7) is 2.18. The molecule has 0 saturated carbocycles. The van der Waals surface area contributed by atoms with Crippen molar-refractivity contribution in [3.8, 4) is 0 Å². The van der Waals surface area contributed by atoms with Gasteiger partial charge >= 0.3 is 5.97 Å². The Labute approximate surface area is 138 Å². The first kappa shape index (κ1) is 16.0. The molecule has 0 radical (unpaired) electrons. The predicted octanol–water partition coefficient (Wildman–Crippen LogP) is 3.88. The first-order chi connectivity index (χ1) is 11.3. The van der Waals surface area contributed by atoms with Crippen molar-refractivity contribution in [2.75, 3.05) is 20.2 Å². The molecule has 3 nitrogen and oxygen atoms in total. The lowest BCUT2D eigenvalue weighted by Gasteiger charge is -2.27. The molecule has 1 saturated heterocycles. The quantitative estimate of drug-likeness (QED) is 0.852. The molecule has 1 atom stereocenters. The largest absolute Gasteiger partial charge is 0.469 e. The molecule has 3 rings (SSSR count). The molecular formula is C20H25NO2. The zero-order valence-electron chi connectivity index (χ0n) is 13.8. The number of carbonyl (C=O) groups excluding carboxylic acids is 1. The van der Waals surface area contributed by atoms with Crippen molar-refractivity contribution in [3.05, 3.63) is 48.0 Å². The summed E-state index contributed by atoms with van der Waals surface area (Å²) in [6.07, 6.45) is 3.93. The standard InChI is InChI=1S/C20H25NO2/c1-23-20(22)14-19(12-15-8-10-21-11-9-15)18-7-6-16-4-2-3-5-17(16)13-18/h2-7,13,15,19,21H,8-12,14H2,1H3. The third-order valence-electron chi connectivity index (χ3n) is 4.96. The second-order valence-corrected chi connectivity index (χ2v) is 6.51. The van der Waals surface area contributed by atoms with Gasteiger partial charge in [0.15, 0.2) is 0 Å². The molecule has 0 spiro atoms. The van der Waals surface area contributed by atoms with E-state index >= 15 is 0 Å². The molecule has 122 valence electrons. The number of carbonyl (C=O) groups is 1. The van der Waals surface area contributed by atoms with Crippen molar-refractivity contribution >= 4 is 16.7 Å². The molecule has 0 aliphatic carbocycles. The highest BCUT2D eigenvalue weighted by atomic mass is 16.5. The molecule has 0 aromatic heterocycles. The smallest absolute Gasteiger partial charge is 0.306 e. The number of nitrogens with one attached hydrogen (secondary N) is 1. The lowest BCUT2D eigenvalue weighted by atomic mass is 9.82. The minimum Gasteiger partial charge on any atom is -0.469 e. The van der Waals surface area contributed by atoms with Gasteiger partial charge in [0.2, 0.25) is 0 Å². The lowest BCUT2D eigenvalue weighted by Crippen LogP contribution is -2.29. The van der Waals surface area contributed by atoms with Crippen LogP contribution in [0.4, 0.5) is 0 Å². The van der Waals surface area contributed by atoms with E-state index in [2.05, 4.69) is 47.8 Å². The predicted molar refractivity (Wildman–Crippen MR) is 93.5 cm³/mol. The summed E-state index contributed by atoms with van der Waals surface area (Å²) >= 11 is 0. The summed E-state index contributed by atoms with van der Waals surface area (Å²) < 4.78 is 4.93. The Bertz CT molecular complexity index is 661. The van der Waals surface area contributed by atoms with Crippen molar-refractivity contribution < 1.29 is 9.53 Å². The molecule has 1 N–H and O–H groups in total. The summed E-state index contributed by atoms with van der Waals surface area (Å²) in [6, 6.07) is 15.0. The fraction of sp³-hybridized carbons (Fsp3) is 0.450. The van der Waals surface area contributed by atoms with E-state index in [9.17, 15) is 4.79 Å². The van der Waals surface area contributed by atoms with Gasteiger partial charge in [0.25, 0.3) is 0 Å². The Morgan fingerprint density at radius 1 is 1.17 bits per heavy atom. The van der Waals surface area contributed by atoms with Gasteiger partial charge in [-0.1, -0.05) is 42.5 Å². The van der Waals surface area contributed by atoms with Crippen LogP contribution in [0.5, 0.6) is 0 Å². The van der Waals surface area contributed by atoms with Crippen molar-refractivity contribution in [2.24, 2.45) is 5.92 Å². The van der Waals surface area contributed by atoms with Crippen molar-refractivity contribution in [1.82, 2.24) is 5.32 Å². The minimum absolute atomic E-state index is 0.114. The lowest BCUT2D eigenvalue weighted by molar-refractivity contribution is -0.141. The summed E-state index contributed by atoms with van der Waals surface area (Å²) in [4.78, 5) is 11.9. The summed E-state index contributed by atoms with van der Waals surface area (Å²) in [5, 5.41) is 5.90. The maximum atomic E-state index is 11.9. The number of fused-ring (bicyclic) bond motifs is 1. The number of hydrogen-bond donors (Lipinski definition) is 1. The van der Waals surface area contributed by atoms with E-state index in [0.29, 0.717) is 12.3 Å². The summed E-state index contributed by atoms with van der Waals surface area (Å²) in [7, 11) is 1.48. The van der Waals surface area contributed by atoms with Gasteiger partial charge in [-0.25, -0.2) is 0 Å². The van der Waals surface area contributed by atoms with E-state index in [-0.39, 0.29) is 11.9 Å². The van der Waals surface area contributed by atoms with Gasteiger partial charge in [-0.15, -0.1) is 0 Å². The van der Waals surface area contributed by atoms with Crippen LogP contribution in [0.25, 0.3) is 10.8 Å². The van der Waals surface area contributed by atoms with Gasteiger partial charge in [-0.2, -0.15) is 0 Å². The normalized spacial score (nSPS) is 17.1. The number of piperidine rings is 1. The van der Waals surface area contributed by atoms with E-state index in [4.69, 9.17) is 4.74 Å². The topological polar surface area (TPSA) is 38.3 Å². The molecule has 1 fully saturated rings. The van der Waals surface area contributed by atoms with E-state index in [1.807, 2.05) is 0 Å². The van der Waals surface area contributed by atoms with Gasteiger partial charge in [-0.05, 0) is 60.5 Å². The first-order valence-electron chi connectivity index (χ1n) is 8.52. The Morgan fingerprint density at radius 3 is 2.65 bits per heavy atom. The van der Waals surface area contributed by atoms with Crippen LogP contribution in [0.3, 0.4) is 0 Å². The van der Waals surface area contributed by atoms with Gasteiger partial charge in [-0.3, -0.25) is 4.79 Å². The maximum Gasteiger partial charge on any atom is 0.306 e. The minimum atomic E-state index is -0.114. The van der Waals surface area contributed by atoms with Crippen molar-refractivity contribution in [3.63, 3.8) is 0 Å². The average Bonchev–Trinajstić information content (AvgIpc) is 2.61. The summed E-state index contributed by atoms with van der Waals surface area (Å²) in [5.41, 5.74) is 1.26. The van der Waals surface area contributed by atoms with Crippen LogP contribution in [0.15, 0.2) is 42.5 Å². The third-order valence-corrected chi connectivity index (χ3v) is 4.96. The number of hydrogen-bond acceptors (Lipinski definition) is 3. The monoisotopic (exact) mass is 311 g/mol. The second-order valence-electron chi connectivity index (χ2n) is 6.51. The highest BCUT2D eigenvalue weighted by molar-refractivity contribution is 5.83. The van der Waals surface area contributed by atoms with Crippen LogP contribution in [0, 0.1) is 5.92 Å². The highest BCUT2D eigenvalue weighted by Gasteiger charge is 2.23. The molecule has 0 bridgehead atoms. The average molecular weight is 311 g/mol. The third kappa shape index (κ3) is 4.11. The zero-order chi connectivity index (χ0) is 16.1. The van der Waals surface area contributed by atoms with Gasteiger partial charge < -0.3 is 10.1 Å². The fourth-order valence-electron chi connectivity index (χ4n) is 3.60. The summed E-state index contributed by atoms with van der Waals surface area (Å²) in [5.74, 6) is 0.824.